The van der Waals surface area contributed by atoms with Crippen molar-refractivity contribution in [3.63, 3.8) is 0 Å². The van der Waals surface area contributed by atoms with Gasteiger partial charge in [-0.05, 0) is 12.6 Å². The minimum Gasteiger partial charge on any atom is -0.307 e. The number of rotatable bonds is 4. The van der Waals surface area contributed by atoms with Crippen molar-refractivity contribution in [2.45, 2.75) is 6.04 Å². The van der Waals surface area contributed by atoms with Gasteiger partial charge in [0.05, 0.1) is 6.04 Å². The summed E-state index contributed by atoms with van der Waals surface area (Å²) in [5, 5.41) is 13.9. The van der Waals surface area contributed by atoms with E-state index in [0.29, 0.717) is 0 Å². The molecule has 3 nitrogen and oxygen atoms in total. The van der Waals surface area contributed by atoms with Crippen molar-refractivity contribution in [1.29, 1.82) is 0 Å². The van der Waals surface area contributed by atoms with Gasteiger partial charge in [-0.1, -0.05) is 72.0 Å². The standard InChI is InChI=1S/C16H15N3S/c1-17-14(12-8-4-2-5-9-12)16-19-18-15(20-16)13-10-6-3-7-11-13/h2-11,14,17H,1H3. The average Bonchev–Trinajstić information content (AvgIpc) is 3.00. The zero-order valence-corrected chi connectivity index (χ0v) is 12.0. The van der Waals surface area contributed by atoms with Crippen LogP contribution in [0.5, 0.6) is 0 Å². The zero-order chi connectivity index (χ0) is 13.8. The Morgan fingerprint density at radius 1 is 0.900 bits per heavy atom. The van der Waals surface area contributed by atoms with Gasteiger partial charge < -0.3 is 5.32 Å². The summed E-state index contributed by atoms with van der Waals surface area (Å²) in [5.41, 5.74) is 2.31. The molecule has 20 heavy (non-hydrogen) atoms. The van der Waals surface area contributed by atoms with Crippen LogP contribution in [0.1, 0.15) is 16.6 Å². The average molecular weight is 281 g/mol. The number of hydrogen-bond donors (Lipinski definition) is 1. The van der Waals surface area contributed by atoms with Gasteiger partial charge >= 0.3 is 0 Å². The van der Waals surface area contributed by atoms with Gasteiger partial charge in [0.15, 0.2) is 0 Å². The Labute approximate surface area is 122 Å². The first-order valence-electron chi connectivity index (χ1n) is 6.49. The normalized spacial score (nSPS) is 12.2. The number of nitrogens with one attached hydrogen (secondary N) is 1. The van der Waals surface area contributed by atoms with Crippen LogP contribution < -0.4 is 5.32 Å². The molecule has 1 heterocycles. The monoisotopic (exact) mass is 281 g/mol. The summed E-state index contributed by atoms with van der Waals surface area (Å²) in [6.45, 7) is 0. The van der Waals surface area contributed by atoms with Crippen LogP contribution >= 0.6 is 11.3 Å². The molecule has 0 aliphatic rings. The van der Waals surface area contributed by atoms with Crippen LogP contribution in [0.3, 0.4) is 0 Å². The lowest BCUT2D eigenvalue weighted by atomic mass is 10.1. The zero-order valence-electron chi connectivity index (χ0n) is 11.2. The Bertz CT molecular complexity index is 664. The van der Waals surface area contributed by atoms with Crippen LogP contribution in [0, 0.1) is 0 Å². The maximum absolute atomic E-state index is 4.35. The highest BCUT2D eigenvalue weighted by Gasteiger charge is 2.17. The molecule has 1 unspecified atom stereocenters. The summed E-state index contributed by atoms with van der Waals surface area (Å²) < 4.78 is 0. The molecule has 0 fully saturated rings. The molecule has 0 amide bonds. The summed E-state index contributed by atoms with van der Waals surface area (Å²) in [6, 6.07) is 20.5. The summed E-state index contributed by atoms with van der Waals surface area (Å²) in [4.78, 5) is 0. The van der Waals surface area contributed by atoms with Crippen molar-refractivity contribution < 1.29 is 0 Å². The van der Waals surface area contributed by atoms with Gasteiger partial charge in [0.1, 0.15) is 10.0 Å². The Morgan fingerprint density at radius 2 is 1.55 bits per heavy atom. The molecular formula is C16H15N3S. The lowest BCUT2D eigenvalue weighted by molar-refractivity contribution is 0.678. The molecule has 0 spiro atoms. The van der Waals surface area contributed by atoms with Crippen LogP contribution in [0.15, 0.2) is 60.7 Å². The van der Waals surface area contributed by atoms with Gasteiger partial charge in [-0.15, -0.1) is 10.2 Å². The van der Waals surface area contributed by atoms with Gasteiger partial charge in [-0.25, -0.2) is 0 Å². The summed E-state index contributed by atoms with van der Waals surface area (Å²) in [6.07, 6.45) is 0. The van der Waals surface area contributed by atoms with E-state index in [1.54, 1.807) is 11.3 Å². The number of aromatic nitrogens is 2. The first-order valence-corrected chi connectivity index (χ1v) is 7.31. The largest absolute Gasteiger partial charge is 0.307 e. The van der Waals surface area contributed by atoms with Crippen LogP contribution in [-0.4, -0.2) is 17.2 Å². The Morgan fingerprint density at radius 3 is 2.20 bits per heavy atom. The van der Waals surface area contributed by atoms with Crippen LogP contribution in [-0.2, 0) is 0 Å². The predicted octanol–water partition coefficient (Wildman–Crippen LogP) is 3.51. The summed E-state index contributed by atoms with van der Waals surface area (Å²) in [5.74, 6) is 0. The van der Waals surface area contributed by atoms with E-state index in [-0.39, 0.29) is 6.04 Å². The Hall–Kier alpha value is -2.04. The van der Waals surface area contributed by atoms with Crippen molar-refractivity contribution >= 4 is 11.3 Å². The lowest BCUT2D eigenvalue weighted by Gasteiger charge is -2.12. The maximum Gasteiger partial charge on any atom is 0.147 e. The van der Waals surface area contributed by atoms with Crippen molar-refractivity contribution in [2.75, 3.05) is 7.05 Å². The quantitative estimate of drug-likeness (QED) is 0.795. The fourth-order valence-corrected chi connectivity index (χ4v) is 3.11. The topological polar surface area (TPSA) is 37.8 Å². The predicted molar refractivity (Wildman–Crippen MR) is 82.7 cm³/mol. The molecule has 100 valence electrons. The van der Waals surface area contributed by atoms with Gasteiger partial charge in [-0.2, -0.15) is 0 Å². The Kier molecular flexibility index (Phi) is 3.85. The summed E-state index contributed by atoms with van der Waals surface area (Å²) >= 11 is 1.63. The number of nitrogens with zero attached hydrogens (tertiary/aromatic N) is 2. The third kappa shape index (κ3) is 2.61. The molecule has 1 N–H and O–H groups in total. The molecule has 4 heteroatoms. The maximum atomic E-state index is 4.35. The van der Waals surface area contributed by atoms with E-state index in [2.05, 4.69) is 39.8 Å². The van der Waals surface area contributed by atoms with E-state index in [0.717, 1.165) is 15.6 Å². The van der Waals surface area contributed by atoms with Gasteiger partial charge in [0.25, 0.3) is 0 Å². The first kappa shape index (κ1) is 13.0. The van der Waals surface area contributed by atoms with E-state index in [9.17, 15) is 0 Å². The fraction of sp³-hybridized carbons (Fsp3) is 0.125. The number of benzene rings is 2. The van der Waals surface area contributed by atoms with Crippen LogP contribution in [0.25, 0.3) is 10.6 Å². The van der Waals surface area contributed by atoms with Crippen molar-refractivity contribution in [3.8, 4) is 10.6 Å². The summed E-state index contributed by atoms with van der Waals surface area (Å²) in [7, 11) is 1.95. The van der Waals surface area contributed by atoms with E-state index < -0.39 is 0 Å². The van der Waals surface area contributed by atoms with Gasteiger partial charge in [0.2, 0.25) is 0 Å². The van der Waals surface area contributed by atoms with Gasteiger partial charge in [-0.3, -0.25) is 0 Å². The van der Waals surface area contributed by atoms with Crippen molar-refractivity contribution in [3.05, 3.63) is 71.2 Å². The molecule has 0 radical (unpaired) electrons. The molecule has 1 aromatic heterocycles. The highest BCUT2D eigenvalue weighted by Crippen LogP contribution is 2.29. The van der Waals surface area contributed by atoms with E-state index in [4.69, 9.17) is 0 Å². The smallest absolute Gasteiger partial charge is 0.147 e. The molecule has 0 bridgehead atoms. The first-order chi connectivity index (χ1) is 9.88. The fourth-order valence-electron chi connectivity index (χ4n) is 2.13. The minimum absolute atomic E-state index is 0.0890. The molecule has 3 rings (SSSR count). The lowest BCUT2D eigenvalue weighted by Crippen LogP contribution is -2.17. The van der Waals surface area contributed by atoms with Gasteiger partial charge in [0, 0.05) is 5.56 Å². The molecule has 1 atom stereocenters. The molecular weight excluding hydrogens is 266 g/mol. The highest BCUT2D eigenvalue weighted by molar-refractivity contribution is 7.14. The van der Waals surface area contributed by atoms with Crippen LogP contribution in [0.4, 0.5) is 0 Å². The Balaban J connectivity index is 1.93. The second-order valence-electron chi connectivity index (χ2n) is 4.44. The second kappa shape index (κ2) is 5.94. The third-order valence-corrected chi connectivity index (χ3v) is 4.17. The van der Waals surface area contributed by atoms with E-state index >= 15 is 0 Å². The van der Waals surface area contributed by atoms with E-state index in [1.165, 1.54) is 5.56 Å². The van der Waals surface area contributed by atoms with E-state index in [1.807, 2.05) is 43.4 Å². The highest BCUT2D eigenvalue weighted by atomic mass is 32.1. The molecule has 2 aromatic carbocycles. The minimum atomic E-state index is 0.0890. The molecule has 0 saturated heterocycles. The van der Waals surface area contributed by atoms with Crippen molar-refractivity contribution in [1.82, 2.24) is 15.5 Å². The molecule has 0 aliphatic carbocycles. The second-order valence-corrected chi connectivity index (χ2v) is 5.45. The number of hydrogen-bond acceptors (Lipinski definition) is 4. The molecule has 0 saturated carbocycles. The molecule has 0 aliphatic heterocycles. The molecule has 3 aromatic rings. The van der Waals surface area contributed by atoms with Crippen LogP contribution in [0.2, 0.25) is 0 Å². The van der Waals surface area contributed by atoms with Crippen molar-refractivity contribution in [2.24, 2.45) is 0 Å². The third-order valence-electron chi connectivity index (χ3n) is 3.13. The SMILES string of the molecule is CNC(c1ccccc1)c1nnc(-c2ccccc2)s1.